The van der Waals surface area contributed by atoms with Crippen LogP contribution in [0.15, 0.2) is 419 Å². The van der Waals surface area contributed by atoms with Crippen molar-refractivity contribution in [3.63, 3.8) is 0 Å². The standard InChI is InChI=1S/C27H19BrO.C24H15BrO.C18H11BrO.C18H11ClO.C17H17NO.C15H15N/c1-27(2)23-14-16(10-12-19(23)20-13-11-17(28)15-24(20)27)18-7-5-8-22-21-6-3-4-9-25(21)29-26(18)22;25-19-14-12-17(13-15-19)16-8-10-18(11-9-16)20-5-3-6-22-21-4-1-2-7-23(21)26-24(20)22;19-13-10-8-12(9-11-13)14-5-3-6-16-15-4-1-2-7-17(15)20-18(14)16;19-14-8-5-12(6-9-14)13-7-10-16-15-3-1-2-4-17(15)20-18(16)11-13;1-11(19)18-12-8-9-14-13-6-4-5-7-15(13)17(2,3)16(14)10-12;1-15(2)13-6-4-3-5-11(13)12-8-7-10(16)9-14(12)15/h3-15H,1-2H3;1-15H;2*1-11H;4-10H,1-3H3,(H,18,19);3-9H,16H2,1-2H3. The maximum atomic E-state index is 11.2. The number of halogens is 4. The van der Waals surface area contributed by atoms with Crippen molar-refractivity contribution in [2.24, 2.45) is 0 Å². The average molecular weight is 1900 g/mol. The van der Waals surface area contributed by atoms with E-state index in [1.54, 1.807) is 0 Å². The van der Waals surface area contributed by atoms with Gasteiger partial charge in [-0.05, 0) is 221 Å². The number of hydrogen-bond acceptors (Lipinski definition) is 6. The van der Waals surface area contributed by atoms with E-state index in [2.05, 4.69) is 386 Å². The van der Waals surface area contributed by atoms with Crippen molar-refractivity contribution in [1.82, 2.24) is 0 Å². The van der Waals surface area contributed by atoms with Gasteiger partial charge in [0.15, 0.2) is 0 Å². The molecular weight excluding hydrogens is 1810 g/mol. The van der Waals surface area contributed by atoms with Gasteiger partial charge in [0.1, 0.15) is 44.7 Å². The number of fused-ring (bicyclic) bond motifs is 21. The molecular formula is C119H88Br3ClN2O5. The average Bonchev–Trinajstić information content (AvgIpc) is 1.58. The van der Waals surface area contributed by atoms with Crippen LogP contribution in [0.2, 0.25) is 5.02 Å². The highest BCUT2D eigenvalue weighted by molar-refractivity contribution is 9.11. The topological polar surface area (TPSA) is 108 Å². The van der Waals surface area contributed by atoms with Gasteiger partial charge in [-0.2, -0.15) is 0 Å². The van der Waals surface area contributed by atoms with Crippen molar-refractivity contribution in [2.45, 2.75) is 64.7 Å². The van der Waals surface area contributed by atoms with Crippen LogP contribution >= 0.6 is 59.4 Å². The first-order chi connectivity index (χ1) is 63.1. The monoisotopic (exact) mass is 1900 g/mol. The molecule has 0 radical (unpaired) electrons. The minimum Gasteiger partial charge on any atom is -0.456 e. The molecule has 0 fully saturated rings. The number of benzene rings is 18. The Morgan fingerprint density at radius 3 is 1.08 bits per heavy atom. The van der Waals surface area contributed by atoms with E-state index in [4.69, 9.17) is 35.0 Å². The van der Waals surface area contributed by atoms with E-state index in [1.807, 2.05) is 97.1 Å². The van der Waals surface area contributed by atoms with Crippen LogP contribution < -0.4 is 11.1 Å². The van der Waals surface area contributed by atoms with Crippen molar-refractivity contribution >= 4 is 164 Å². The molecule has 4 heterocycles. The van der Waals surface area contributed by atoms with Crippen LogP contribution in [0.4, 0.5) is 11.4 Å². The number of nitrogens with one attached hydrogen (secondary N) is 1. The van der Waals surface area contributed by atoms with Gasteiger partial charge in [-0.15, -0.1) is 0 Å². The summed E-state index contributed by atoms with van der Waals surface area (Å²) in [7, 11) is 0. The van der Waals surface area contributed by atoms with Gasteiger partial charge in [0.2, 0.25) is 5.91 Å². The van der Waals surface area contributed by atoms with Gasteiger partial charge in [0.05, 0.1) is 0 Å². The molecule has 11 heteroatoms. The molecule has 22 aromatic rings. The van der Waals surface area contributed by atoms with Gasteiger partial charge in [0, 0.05) is 113 Å². The van der Waals surface area contributed by atoms with Crippen molar-refractivity contribution in [3.8, 4) is 89.0 Å². The molecule has 632 valence electrons. The van der Waals surface area contributed by atoms with E-state index in [0.29, 0.717) is 0 Å². The zero-order chi connectivity index (χ0) is 89.3. The summed E-state index contributed by atoms with van der Waals surface area (Å²) < 4.78 is 27.7. The molecule has 0 aliphatic heterocycles. The quantitative estimate of drug-likeness (QED) is 0.161. The Labute approximate surface area is 785 Å². The number of carbonyl (C=O) groups is 1. The fraction of sp³-hybridized carbons (Fsp3) is 0.0840. The Kier molecular flexibility index (Phi) is 22.5. The van der Waals surface area contributed by atoms with Gasteiger partial charge >= 0.3 is 0 Å². The zero-order valence-corrected chi connectivity index (χ0v) is 78.1. The highest BCUT2D eigenvalue weighted by atomic mass is 79.9. The molecule has 3 N–H and O–H groups in total. The van der Waals surface area contributed by atoms with Crippen LogP contribution in [-0.4, -0.2) is 5.91 Å². The number of furan rings is 4. The van der Waals surface area contributed by atoms with Crippen molar-refractivity contribution < 1.29 is 22.5 Å². The molecule has 0 saturated heterocycles. The van der Waals surface area contributed by atoms with Gasteiger partial charge in [-0.25, -0.2) is 0 Å². The molecule has 25 rings (SSSR count). The predicted molar refractivity (Wildman–Crippen MR) is 554 cm³/mol. The van der Waals surface area contributed by atoms with Crippen molar-refractivity contribution in [1.29, 1.82) is 0 Å². The summed E-state index contributed by atoms with van der Waals surface area (Å²) in [5.74, 6) is -0.0340. The van der Waals surface area contributed by atoms with Crippen LogP contribution in [0, 0.1) is 0 Å². The lowest BCUT2D eigenvalue weighted by atomic mass is 9.81. The maximum Gasteiger partial charge on any atom is 0.221 e. The van der Waals surface area contributed by atoms with Crippen molar-refractivity contribution in [2.75, 3.05) is 11.1 Å². The summed E-state index contributed by atoms with van der Waals surface area (Å²) in [4.78, 5) is 11.2. The number of para-hydroxylation sites is 7. The third kappa shape index (κ3) is 15.9. The summed E-state index contributed by atoms with van der Waals surface area (Å²) in [5, 5.41) is 12.9. The van der Waals surface area contributed by atoms with E-state index < -0.39 is 0 Å². The van der Waals surface area contributed by atoms with E-state index in [1.165, 1.54) is 112 Å². The maximum absolute atomic E-state index is 11.2. The molecule has 3 aliphatic rings. The molecule has 130 heavy (non-hydrogen) atoms. The molecule has 0 bridgehead atoms. The van der Waals surface area contributed by atoms with Crippen LogP contribution in [0.3, 0.4) is 0 Å². The Hall–Kier alpha value is -13.8. The molecule has 1 amide bonds. The van der Waals surface area contributed by atoms with E-state index in [-0.39, 0.29) is 22.2 Å². The van der Waals surface area contributed by atoms with E-state index in [9.17, 15) is 4.79 Å². The number of hydrogen-bond donors (Lipinski definition) is 2. The summed E-state index contributed by atoms with van der Waals surface area (Å²) >= 11 is 16.5. The van der Waals surface area contributed by atoms with Crippen LogP contribution in [0.5, 0.6) is 0 Å². The van der Waals surface area contributed by atoms with Crippen LogP contribution in [0.1, 0.15) is 81.8 Å². The largest absolute Gasteiger partial charge is 0.456 e. The van der Waals surface area contributed by atoms with Crippen molar-refractivity contribution in [3.05, 3.63) is 440 Å². The molecule has 0 atom stereocenters. The third-order valence-corrected chi connectivity index (χ3v) is 27.6. The first-order valence-electron chi connectivity index (χ1n) is 43.6. The number of nitrogens with two attached hydrogens (primary N) is 1. The third-order valence-electron chi connectivity index (χ3n) is 25.8. The van der Waals surface area contributed by atoms with Gasteiger partial charge < -0.3 is 28.7 Å². The summed E-state index contributed by atoms with van der Waals surface area (Å²) in [6.07, 6.45) is 0. The van der Waals surface area contributed by atoms with Crippen LogP contribution in [0.25, 0.3) is 177 Å². The normalized spacial score (nSPS) is 13.0. The Balaban J connectivity index is 0.0000000986. The minimum absolute atomic E-state index is 0.0135. The Morgan fingerprint density at radius 1 is 0.262 bits per heavy atom. The van der Waals surface area contributed by atoms with Crippen LogP contribution in [-0.2, 0) is 21.0 Å². The number of nitrogen functional groups attached to an aromatic ring is 1. The van der Waals surface area contributed by atoms with E-state index >= 15 is 0 Å². The highest BCUT2D eigenvalue weighted by Crippen LogP contribution is 2.54. The molecule has 0 saturated carbocycles. The predicted octanol–water partition coefficient (Wildman–Crippen LogP) is 35.5. The smallest absolute Gasteiger partial charge is 0.221 e. The zero-order valence-electron chi connectivity index (χ0n) is 72.6. The fourth-order valence-electron chi connectivity index (χ4n) is 19.2. The number of rotatable bonds is 6. The second-order valence-corrected chi connectivity index (χ2v) is 38.1. The minimum atomic E-state index is -0.0355. The number of carbonyl (C=O) groups excluding carboxylic acids is 1. The molecule has 0 spiro atoms. The van der Waals surface area contributed by atoms with Gasteiger partial charge in [-0.1, -0.05) is 374 Å². The fourth-order valence-corrected chi connectivity index (χ4v) is 20.2. The Morgan fingerprint density at radius 2 is 0.577 bits per heavy atom. The molecule has 0 unspecified atom stereocenters. The SMILES string of the molecule is Brc1ccc(-c2ccc(-c3cccc4c3oc3ccccc34)cc2)cc1.Brc1ccc(-c2cccc3c2oc2ccccc23)cc1.CC(=O)Nc1ccc2c(c1)C(C)(C)c1ccccc1-2.CC1(C)c2cc(Br)ccc2-c2ccc(-c3cccc4c3oc3ccccc34)cc21.CC1(C)c2ccccc2-c2ccc(N)cc21.Clc1ccc(-c2ccc3c(c2)oc2ccccc23)cc1. The second-order valence-electron chi connectivity index (χ2n) is 34.9. The van der Waals surface area contributed by atoms with E-state index in [0.717, 1.165) is 135 Å². The summed E-state index contributed by atoms with van der Waals surface area (Å²) in [6.45, 7) is 15.1. The number of anilines is 2. The second kappa shape index (κ2) is 34.6. The molecule has 3 aliphatic carbocycles. The Bertz CT molecular complexity index is 8130. The molecule has 18 aromatic carbocycles. The lowest BCUT2D eigenvalue weighted by Gasteiger charge is -2.22. The summed E-state index contributed by atoms with van der Waals surface area (Å²) in [6, 6.07) is 134. The highest BCUT2D eigenvalue weighted by Gasteiger charge is 2.38. The molecule has 4 aromatic heterocycles. The lowest BCUT2D eigenvalue weighted by molar-refractivity contribution is -0.114. The first-order valence-corrected chi connectivity index (χ1v) is 46.3. The lowest BCUT2D eigenvalue weighted by Crippen LogP contribution is -2.15. The molecule has 7 nitrogen and oxygen atoms in total. The number of amides is 1. The summed E-state index contributed by atoms with van der Waals surface area (Å²) in [5.41, 5.74) is 42.8. The first kappa shape index (κ1) is 84.3. The van der Waals surface area contributed by atoms with Gasteiger partial charge in [-0.3, -0.25) is 4.79 Å². The van der Waals surface area contributed by atoms with Gasteiger partial charge in [0.25, 0.3) is 0 Å².